The second kappa shape index (κ2) is 10.5. The minimum absolute atomic E-state index is 0.00104. The Morgan fingerprint density at radius 1 is 1.20 bits per heavy atom. The molecule has 4 rings (SSSR count). The van der Waals surface area contributed by atoms with Crippen molar-refractivity contribution in [3.63, 3.8) is 0 Å². The topological polar surface area (TPSA) is 156 Å². The maximum atomic E-state index is 13.0. The lowest BCUT2D eigenvalue weighted by atomic mass is 10.1. The number of benzene rings is 2. The third kappa shape index (κ3) is 5.43. The predicted molar refractivity (Wildman–Crippen MR) is 127 cm³/mol. The van der Waals surface area contributed by atoms with Crippen molar-refractivity contribution >= 4 is 17.9 Å². The zero-order valence-electron chi connectivity index (χ0n) is 19.4. The van der Waals surface area contributed by atoms with Crippen LogP contribution in [0.5, 0.6) is 11.5 Å². The lowest BCUT2D eigenvalue weighted by Crippen LogP contribution is -2.19. The van der Waals surface area contributed by atoms with Crippen molar-refractivity contribution in [2.45, 2.75) is 26.9 Å². The van der Waals surface area contributed by atoms with Crippen LogP contribution in [0.4, 0.5) is 5.82 Å². The van der Waals surface area contributed by atoms with Crippen molar-refractivity contribution in [1.82, 2.24) is 30.7 Å². The summed E-state index contributed by atoms with van der Waals surface area (Å²) in [7, 11) is 0. The molecule has 0 atom stereocenters. The molecule has 2 aromatic carbocycles. The Balaban J connectivity index is 1.61. The first-order chi connectivity index (χ1) is 17.0. The van der Waals surface area contributed by atoms with Crippen LogP contribution in [0.2, 0.25) is 0 Å². The van der Waals surface area contributed by atoms with Gasteiger partial charge in [-0.15, -0.1) is 5.10 Å². The Bertz CT molecular complexity index is 1330. The van der Waals surface area contributed by atoms with Crippen molar-refractivity contribution in [2.24, 2.45) is 5.10 Å². The third-order valence-corrected chi connectivity index (χ3v) is 4.63. The first kappa shape index (κ1) is 23.4. The highest BCUT2D eigenvalue weighted by Gasteiger charge is 2.25. The largest absolute Gasteiger partial charge is 0.494 e. The van der Waals surface area contributed by atoms with E-state index in [1.54, 1.807) is 24.3 Å². The van der Waals surface area contributed by atoms with Crippen LogP contribution in [0.15, 0.2) is 58.3 Å². The number of ether oxygens (including phenoxy) is 2. The van der Waals surface area contributed by atoms with E-state index in [9.17, 15) is 4.79 Å². The molecule has 0 bridgehead atoms. The second-order valence-electron chi connectivity index (χ2n) is 7.57. The van der Waals surface area contributed by atoms with Crippen molar-refractivity contribution in [3.8, 4) is 28.6 Å². The van der Waals surface area contributed by atoms with Gasteiger partial charge in [0.1, 0.15) is 17.2 Å². The van der Waals surface area contributed by atoms with Crippen molar-refractivity contribution in [1.29, 1.82) is 0 Å². The van der Waals surface area contributed by atoms with Gasteiger partial charge in [-0.05, 0) is 73.0 Å². The molecule has 0 saturated carbocycles. The molecule has 0 spiro atoms. The number of anilines is 1. The summed E-state index contributed by atoms with van der Waals surface area (Å²) >= 11 is 0. The number of hydrogen-bond acceptors (Lipinski definition) is 10. The molecule has 35 heavy (non-hydrogen) atoms. The number of nitrogen functional groups attached to an aromatic ring is 1. The van der Waals surface area contributed by atoms with Crippen LogP contribution >= 0.6 is 0 Å². The van der Waals surface area contributed by atoms with E-state index in [1.807, 2.05) is 45.0 Å². The number of carbonyl (C=O) groups is 1. The number of hydrazone groups is 1. The Kier molecular flexibility index (Phi) is 7.00. The fourth-order valence-electron chi connectivity index (χ4n) is 3.20. The number of nitrogens with zero attached hydrogens (tertiary/aromatic N) is 6. The average molecular weight is 476 g/mol. The maximum Gasteiger partial charge on any atom is 0.294 e. The summed E-state index contributed by atoms with van der Waals surface area (Å²) in [4.78, 5) is 13.0. The molecule has 0 fully saturated rings. The molecule has 180 valence electrons. The summed E-state index contributed by atoms with van der Waals surface area (Å²) in [5.41, 5.74) is 10.0. The van der Waals surface area contributed by atoms with Gasteiger partial charge in [-0.3, -0.25) is 4.79 Å². The van der Waals surface area contributed by atoms with Gasteiger partial charge in [0.15, 0.2) is 5.69 Å². The molecule has 0 aliphatic rings. The van der Waals surface area contributed by atoms with Gasteiger partial charge in [0.05, 0.1) is 18.9 Å². The molecule has 4 aromatic rings. The molecule has 2 heterocycles. The first-order valence-corrected chi connectivity index (χ1v) is 10.8. The summed E-state index contributed by atoms with van der Waals surface area (Å²) in [6, 6.07) is 14.4. The van der Waals surface area contributed by atoms with Gasteiger partial charge in [0.2, 0.25) is 11.6 Å². The van der Waals surface area contributed by atoms with Gasteiger partial charge in [0.25, 0.3) is 5.91 Å². The predicted octanol–water partition coefficient (Wildman–Crippen LogP) is 2.85. The molecule has 0 aliphatic heterocycles. The molecule has 0 aliphatic carbocycles. The quantitative estimate of drug-likeness (QED) is 0.274. The lowest BCUT2D eigenvalue weighted by molar-refractivity contribution is 0.0950. The summed E-state index contributed by atoms with van der Waals surface area (Å²) < 4.78 is 17.2. The zero-order valence-corrected chi connectivity index (χ0v) is 19.4. The van der Waals surface area contributed by atoms with Gasteiger partial charge in [-0.1, -0.05) is 17.3 Å². The SMILES string of the molecule is CCOc1cccc(-c2c(C(=O)N/N=C/c3ccc(OC(C)C)cc3)nnn2-c2nonc2N)c1. The van der Waals surface area contributed by atoms with E-state index in [1.165, 1.54) is 10.9 Å². The molecule has 2 aromatic heterocycles. The Hall–Kier alpha value is -4.74. The van der Waals surface area contributed by atoms with Gasteiger partial charge in [0, 0.05) is 5.56 Å². The highest BCUT2D eigenvalue weighted by Crippen LogP contribution is 2.29. The van der Waals surface area contributed by atoms with E-state index >= 15 is 0 Å². The standard InChI is InChI=1S/C23H24N8O4/c1-4-33-18-7-5-6-16(12-18)20-19(26-30-31(20)22-21(24)28-35-29-22)23(32)27-25-13-15-8-10-17(11-9-15)34-14(2)3/h5-14H,4H2,1-3H3,(H2,24,28)(H,27,32)/b25-13+. The fourth-order valence-corrected chi connectivity index (χ4v) is 3.20. The summed E-state index contributed by atoms with van der Waals surface area (Å²) in [6.45, 7) is 6.27. The Morgan fingerprint density at radius 2 is 2.00 bits per heavy atom. The van der Waals surface area contributed by atoms with Crippen molar-refractivity contribution in [2.75, 3.05) is 12.3 Å². The normalized spacial score (nSPS) is 11.2. The first-order valence-electron chi connectivity index (χ1n) is 10.8. The van der Waals surface area contributed by atoms with Crippen LogP contribution in [-0.4, -0.2) is 50.1 Å². The van der Waals surface area contributed by atoms with E-state index in [4.69, 9.17) is 19.8 Å². The maximum absolute atomic E-state index is 13.0. The van der Waals surface area contributed by atoms with Crippen molar-refractivity contribution < 1.29 is 18.9 Å². The van der Waals surface area contributed by atoms with E-state index in [2.05, 4.69) is 31.2 Å². The van der Waals surface area contributed by atoms with E-state index in [-0.39, 0.29) is 23.4 Å². The molecule has 0 unspecified atom stereocenters. The molecular formula is C23H24N8O4. The van der Waals surface area contributed by atoms with Crippen LogP contribution in [0.3, 0.4) is 0 Å². The minimum atomic E-state index is -0.584. The molecule has 1 amide bonds. The van der Waals surface area contributed by atoms with Gasteiger partial charge < -0.3 is 15.2 Å². The zero-order chi connectivity index (χ0) is 24.8. The smallest absolute Gasteiger partial charge is 0.294 e. The number of nitrogens with one attached hydrogen (secondary N) is 1. The summed E-state index contributed by atoms with van der Waals surface area (Å²) in [5.74, 6) is 0.864. The highest BCUT2D eigenvalue weighted by molar-refractivity contribution is 5.99. The van der Waals surface area contributed by atoms with Gasteiger partial charge in [-0.2, -0.15) is 9.78 Å². The van der Waals surface area contributed by atoms with Crippen molar-refractivity contribution in [3.05, 3.63) is 59.8 Å². The number of carbonyl (C=O) groups excluding carboxylic acids is 1. The lowest BCUT2D eigenvalue weighted by Gasteiger charge is -2.09. The van der Waals surface area contributed by atoms with Gasteiger partial charge in [-0.25, -0.2) is 10.1 Å². The molecule has 3 N–H and O–H groups in total. The molecule has 0 saturated heterocycles. The average Bonchev–Trinajstić information content (AvgIpc) is 3.46. The summed E-state index contributed by atoms with van der Waals surface area (Å²) in [6.07, 6.45) is 1.59. The van der Waals surface area contributed by atoms with Crippen LogP contribution in [0, 0.1) is 0 Å². The number of aromatic nitrogens is 5. The van der Waals surface area contributed by atoms with Crippen LogP contribution in [0.1, 0.15) is 36.8 Å². The monoisotopic (exact) mass is 476 g/mol. The Labute approximate surface area is 200 Å². The van der Waals surface area contributed by atoms with Gasteiger partial charge >= 0.3 is 0 Å². The minimum Gasteiger partial charge on any atom is -0.494 e. The number of rotatable bonds is 9. The number of hydrogen-bond donors (Lipinski definition) is 2. The second-order valence-corrected chi connectivity index (χ2v) is 7.57. The highest BCUT2D eigenvalue weighted by atomic mass is 16.6. The van der Waals surface area contributed by atoms with E-state index in [0.717, 1.165) is 11.3 Å². The molecular weight excluding hydrogens is 452 g/mol. The molecule has 12 heteroatoms. The number of amides is 1. The van der Waals surface area contributed by atoms with Crippen LogP contribution in [-0.2, 0) is 0 Å². The molecule has 0 radical (unpaired) electrons. The fraction of sp³-hybridized carbons (Fsp3) is 0.217. The number of nitrogens with two attached hydrogens (primary N) is 1. The molecule has 12 nitrogen and oxygen atoms in total. The van der Waals surface area contributed by atoms with Crippen LogP contribution < -0.4 is 20.6 Å². The summed E-state index contributed by atoms with van der Waals surface area (Å²) in [5, 5.41) is 19.5. The Morgan fingerprint density at radius 3 is 2.69 bits per heavy atom. The van der Waals surface area contributed by atoms with Crippen LogP contribution in [0.25, 0.3) is 17.1 Å². The third-order valence-electron chi connectivity index (χ3n) is 4.63. The van der Waals surface area contributed by atoms with E-state index in [0.29, 0.717) is 23.6 Å². The van der Waals surface area contributed by atoms with E-state index < -0.39 is 5.91 Å².